The topological polar surface area (TPSA) is 102 Å². The Morgan fingerprint density at radius 3 is 2.74 bits per heavy atom. The van der Waals surface area contributed by atoms with Gasteiger partial charge >= 0.3 is 5.69 Å². The smallest absolute Gasteiger partial charge is 0.328 e. The van der Waals surface area contributed by atoms with Crippen molar-refractivity contribution in [3.63, 3.8) is 0 Å². The zero-order chi connectivity index (χ0) is 19.7. The maximum atomic E-state index is 12.9. The van der Waals surface area contributed by atoms with Crippen LogP contribution in [-0.4, -0.2) is 25.2 Å². The van der Waals surface area contributed by atoms with Crippen LogP contribution >= 0.6 is 0 Å². The van der Waals surface area contributed by atoms with Crippen LogP contribution in [0, 0.1) is 0 Å². The van der Waals surface area contributed by atoms with Crippen molar-refractivity contribution in [2.45, 2.75) is 26.4 Å². The number of nitrogens with one attached hydrogen (secondary N) is 2. The molecule has 1 amide bonds. The third-order valence-corrected chi connectivity index (χ3v) is 4.14. The van der Waals surface area contributed by atoms with Gasteiger partial charge in [0, 0.05) is 37.5 Å². The number of H-pyrrole nitrogens is 1. The van der Waals surface area contributed by atoms with Crippen LogP contribution in [0.3, 0.4) is 0 Å². The summed E-state index contributed by atoms with van der Waals surface area (Å²) >= 11 is 0. The second kappa shape index (κ2) is 7.14. The average molecular weight is 377 g/mol. The summed E-state index contributed by atoms with van der Waals surface area (Å²) in [5.74, 6) is -0.526. The third-order valence-electron chi connectivity index (χ3n) is 4.14. The van der Waals surface area contributed by atoms with E-state index in [1.807, 2.05) is 0 Å². The fourth-order valence-electron chi connectivity index (χ4n) is 2.84. The van der Waals surface area contributed by atoms with Gasteiger partial charge in [-0.1, -0.05) is 0 Å². The van der Waals surface area contributed by atoms with Gasteiger partial charge in [-0.25, -0.2) is 13.6 Å². The Morgan fingerprint density at radius 2 is 2.07 bits per heavy atom. The van der Waals surface area contributed by atoms with Gasteiger partial charge in [-0.3, -0.25) is 18.8 Å². The minimum atomic E-state index is -2.75. The summed E-state index contributed by atoms with van der Waals surface area (Å²) in [5.41, 5.74) is -0.766. The van der Waals surface area contributed by atoms with Crippen LogP contribution < -0.4 is 16.6 Å². The van der Waals surface area contributed by atoms with Gasteiger partial charge in [0.1, 0.15) is 5.69 Å². The Balaban J connectivity index is 1.86. The number of amides is 1. The SMILES string of the molecule is CCn1c(=O)[nH]c2cc(C(=O)NCc3cn(C)nc3C(F)F)ccc2c1=O. The van der Waals surface area contributed by atoms with Crippen LogP contribution in [0.25, 0.3) is 10.9 Å². The number of benzene rings is 1. The molecular formula is C17H17F2N5O3. The lowest BCUT2D eigenvalue weighted by atomic mass is 10.1. The predicted octanol–water partition coefficient (Wildman–Crippen LogP) is 1.31. The van der Waals surface area contributed by atoms with E-state index in [0.717, 1.165) is 4.57 Å². The Morgan fingerprint density at radius 1 is 1.33 bits per heavy atom. The zero-order valence-corrected chi connectivity index (χ0v) is 14.6. The summed E-state index contributed by atoms with van der Waals surface area (Å²) in [7, 11) is 1.51. The Bertz CT molecular complexity index is 1130. The van der Waals surface area contributed by atoms with E-state index in [1.54, 1.807) is 6.92 Å². The summed E-state index contributed by atoms with van der Waals surface area (Å²) < 4.78 is 28.2. The normalized spacial score (nSPS) is 11.3. The van der Waals surface area contributed by atoms with Crippen molar-refractivity contribution in [2.75, 3.05) is 0 Å². The fraction of sp³-hybridized carbons (Fsp3) is 0.294. The minimum Gasteiger partial charge on any atom is -0.348 e. The summed E-state index contributed by atoms with van der Waals surface area (Å²) in [6.45, 7) is 1.78. The number of alkyl halides is 2. The lowest BCUT2D eigenvalue weighted by molar-refractivity contribution is 0.0949. The molecule has 0 bridgehead atoms. The lowest BCUT2D eigenvalue weighted by Crippen LogP contribution is -2.34. The molecule has 0 radical (unpaired) electrons. The second-order valence-electron chi connectivity index (χ2n) is 5.94. The molecule has 0 saturated carbocycles. The molecule has 0 aliphatic heterocycles. The maximum Gasteiger partial charge on any atom is 0.328 e. The molecule has 0 saturated heterocycles. The molecule has 2 N–H and O–H groups in total. The molecule has 27 heavy (non-hydrogen) atoms. The molecule has 0 atom stereocenters. The maximum absolute atomic E-state index is 12.9. The molecule has 0 spiro atoms. The first-order chi connectivity index (χ1) is 12.8. The molecule has 2 heterocycles. The standard InChI is InChI=1S/C17H17F2N5O3/c1-3-24-16(26)11-5-4-9(6-12(11)21-17(24)27)15(25)20-7-10-8-23(2)22-13(10)14(18)19/h4-6,8,14H,3,7H2,1-2H3,(H,20,25)(H,21,27). The Hall–Kier alpha value is -3.30. The van der Waals surface area contributed by atoms with Gasteiger partial charge in [0.2, 0.25) is 0 Å². The number of aromatic nitrogens is 4. The van der Waals surface area contributed by atoms with E-state index in [2.05, 4.69) is 15.4 Å². The molecule has 0 fully saturated rings. The molecule has 1 aromatic carbocycles. The summed E-state index contributed by atoms with van der Waals surface area (Å²) in [4.78, 5) is 39.0. The van der Waals surface area contributed by atoms with Gasteiger partial charge in [0.25, 0.3) is 17.9 Å². The summed E-state index contributed by atoms with van der Waals surface area (Å²) in [6, 6.07) is 4.27. The van der Waals surface area contributed by atoms with E-state index in [-0.39, 0.29) is 40.8 Å². The molecule has 0 aliphatic carbocycles. The van der Waals surface area contributed by atoms with Crippen LogP contribution in [0.1, 0.15) is 35.0 Å². The lowest BCUT2D eigenvalue weighted by Gasteiger charge is -2.07. The number of nitrogens with zero attached hydrogens (tertiary/aromatic N) is 3. The first kappa shape index (κ1) is 18.5. The van der Waals surface area contributed by atoms with Crippen molar-refractivity contribution < 1.29 is 13.6 Å². The molecular weight excluding hydrogens is 360 g/mol. The number of halogens is 2. The largest absolute Gasteiger partial charge is 0.348 e. The van der Waals surface area contributed by atoms with Gasteiger partial charge < -0.3 is 10.3 Å². The van der Waals surface area contributed by atoms with Gasteiger partial charge in [-0.15, -0.1) is 0 Å². The quantitative estimate of drug-likeness (QED) is 0.700. The molecule has 2 aromatic heterocycles. The summed E-state index contributed by atoms with van der Waals surface area (Å²) in [5, 5.41) is 6.49. The van der Waals surface area contributed by atoms with E-state index in [4.69, 9.17) is 0 Å². The highest BCUT2D eigenvalue weighted by Gasteiger charge is 2.18. The molecule has 3 aromatic rings. The van der Waals surface area contributed by atoms with Crippen LogP contribution in [0.4, 0.5) is 8.78 Å². The zero-order valence-electron chi connectivity index (χ0n) is 14.6. The predicted molar refractivity (Wildman–Crippen MR) is 93.8 cm³/mol. The molecule has 0 aliphatic rings. The first-order valence-electron chi connectivity index (χ1n) is 8.17. The number of hydrogen-bond acceptors (Lipinski definition) is 4. The first-order valence-corrected chi connectivity index (χ1v) is 8.17. The fourth-order valence-corrected chi connectivity index (χ4v) is 2.84. The molecule has 0 unspecified atom stereocenters. The number of hydrogen-bond donors (Lipinski definition) is 2. The van der Waals surface area contributed by atoms with Crippen molar-refractivity contribution >= 4 is 16.8 Å². The van der Waals surface area contributed by atoms with Crippen LogP contribution in [0.2, 0.25) is 0 Å². The van der Waals surface area contributed by atoms with Crippen molar-refractivity contribution in [3.05, 3.63) is 62.1 Å². The van der Waals surface area contributed by atoms with Crippen LogP contribution in [-0.2, 0) is 20.1 Å². The van der Waals surface area contributed by atoms with Gasteiger partial charge in [-0.05, 0) is 25.1 Å². The number of aryl methyl sites for hydroxylation is 1. The van der Waals surface area contributed by atoms with Gasteiger partial charge in [0.15, 0.2) is 0 Å². The Kier molecular flexibility index (Phi) is 4.89. The van der Waals surface area contributed by atoms with Gasteiger partial charge in [0.05, 0.1) is 10.9 Å². The van der Waals surface area contributed by atoms with E-state index in [0.29, 0.717) is 0 Å². The van der Waals surface area contributed by atoms with Crippen LogP contribution in [0.5, 0.6) is 0 Å². The van der Waals surface area contributed by atoms with Crippen molar-refractivity contribution in [3.8, 4) is 0 Å². The van der Waals surface area contributed by atoms with E-state index < -0.39 is 23.6 Å². The number of aromatic amines is 1. The molecule has 3 rings (SSSR count). The number of carbonyl (C=O) groups is 1. The van der Waals surface area contributed by atoms with E-state index >= 15 is 0 Å². The molecule has 8 nitrogen and oxygen atoms in total. The van der Waals surface area contributed by atoms with Crippen molar-refractivity contribution in [2.24, 2.45) is 7.05 Å². The van der Waals surface area contributed by atoms with Gasteiger partial charge in [-0.2, -0.15) is 5.10 Å². The summed E-state index contributed by atoms with van der Waals surface area (Å²) in [6.07, 6.45) is -1.34. The molecule has 10 heteroatoms. The average Bonchev–Trinajstić information content (AvgIpc) is 3.00. The number of rotatable bonds is 5. The highest BCUT2D eigenvalue weighted by atomic mass is 19.3. The highest BCUT2D eigenvalue weighted by Crippen LogP contribution is 2.20. The second-order valence-corrected chi connectivity index (χ2v) is 5.94. The Labute approximate surface area is 151 Å². The highest BCUT2D eigenvalue weighted by molar-refractivity contribution is 5.97. The third kappa shape index (κ3) is 3.50. The van der Waals surface area contributed by atoms with E-state index in [1.165, 1.54) is 36.1 Å². The minimum absolute atomic E-state index is 0.127. The van der Waals surface area contributed by atoms with Crippen LogP contribution in [0.15, 0.2) is 34.0 Å². The van der Waals surface area contributed by atoms with Crippen molar-refractivity contribution in [1.29, 1.82) is 0 Å². The van der Waals surface area contributed by atoms with Crippen molar-refractivity contribution in [1.82, 2.24) is 24.6 Å². The number of fused-ring (bicyclic) bond motifs is 1. The van der Waals surface area contributed by atoms with E-state index in [9.17, 15) is 23.2 Å². The monoisotopic (exact) mass is 377 g/mol. The molecule has 142 valence electrons. The number of carbonyl (C=O) groups excluding carboxylic acids is 1.